The molecule has 0 spiro atoms. The molecule has 0 aliphatic rings. The van der Waals surface area contributed by atoms with Crippen LogP contribution in [0.15, 0.2) is 0 Å². The first-order valence-electron chi connectivity index (χ1n) is 9.89. The number of benzene rings is 2. The van der Waals surface area contributed by atoms with Gasteiger partial charge in [0.05, 0.1) is 0 Å². The molecule has 2 aromatic carbocycles. The predicted molar refractivity (Wildman–Crippen MR) is 112 cm³/mol. The molecule has 0 fully saturated rings. The summed E-state index contributed by atoms with van der Waals surface area (Å²) in [5, 5.41) is 0. The van der Waals surface area contributed by atoms with Gasteiger partial charge in [-0.1, -0.05) is 0 Å². The Bertz CT molecular complexity index is 1160. The van der Waals surface area contributed by atoms with E-state index in [4.69, 9.17) is 0 Å². The zero-order valence-electron chi connectivity index (χ0n) is 19.3. The van der Waals surface area contributed by atoms with E-state index in [9.17, 15) is 26.3 Å². The molecule has 35 heavy (non-hydrogen) atoms. The van der Waals surface area contributed by atoms with Crippen molar-refractivity contribution in [2.45, 2.75) is 41.5 Å². The average Bonchev–Trinajstić information content (AvgIpc) is 2.74. The van der Waals surface area contributed by atoms with Gasteiger partial charge >= 0.3 is 198 Å². The van der Waals surface area contributed by atoms with Gasteiger partial charge in [0.25, 0.3) is 0 Å². The van der Waals surface area contributed by atoms with E-state index < -0.39 is 91.1 Å². The molecule has 0 saturated carbocycles. The Labute approximate surface area is 198 Å². The van der Waals surface area contributed by atoms with Crippen LogP contribution in [0.3, 0.4) is 0 Å². The van der Waals surface area contributed by atoms with Crippen molar-refractivity contribution in [3.63, 3.8) is 0 Å². The van der Waals surface area contributed by atoms with E-state index >= 15 is 17.6 Å². The summed E-state index contributed by atoms with van der Waals surface area (Å²) >= 11 is -6.38. The first-order valence-corrected chi connectivity index (χ1v) is 14.1. The van der Waals surface area contributed by atoms with E-state index in [1.807, 2.05) is 0 Å². The SMILES string of the molecule is CC(C)(C)C#[C][Ge]([C]#CC(C)(C)C)([c]1c(F)c(F)c(F)c(F)c1F)[c]1c(F)c(F)c(F)c(F)c1F. The van der Waals surface area contributed by atoms with Crippen LogP contribution in [-0.2, 0) is 0 Å². The van der Waals surface area contributed by atoms with Crippen molar-refractivity contribution >= 4 is 22.1 Å². The molecular weight excluding hydrogens is 551 g/mol. The molecule has 188 valence electrons. The summed E-state index contributed by atoms with van der Waals surface area (Å²) in [5.41, 5.74) is -2.21. The third-order valence-electron chi connectivity index (χ3n) is 4.42. The number of halogens is 10. The molecule has 0 saturated heterocycles. The second-order valence-corrected chi connectivity index (χ2v) is 15.9. The Kier molecular flexibility index (Phi) is 7.74. The van der Waals surface area contributed by atoms with Crippen LogP contribution < -0.4 is 8.79 Å². The zero-order valence-corrected chi connectivity index (χ0v) is 21.4. The fourth-order valence-corrected chi connectivity index (χ4v) is 10.6. The summed E-state index contributed by atoms with van der Waals surface area (Å²) in [5.74, 6) is -20.3. The molecule has 0 aromatic heterocycles. The maximum atomic E-state index is 15.1. The monoisotopic (exact) mass is 570 g/mol. The Hall–Kier alpha value is -2.60. The number of rotatable bonds is 2. The van der Waals surface area contributed by atoms with Crippen molar-refractivity contribution in [3.8, 4) is 21.3 Å². The molecule has 0 aliphatic heterocycles. The standard InChI is InChI=1S/C24H18F10Ge/c1-23(2,3)7-9-35(10-8-24(4,5)6,21-17(31)13(27)11(25)14(28)18(21)32)22-19(33)15(29)12(26)16(30)20(22)34/h1-6H3. The maximum absolute atomic E-state index is 15.1. The zero-order chi connectivity index (χ0) is 27.3. The Morgan fingerprint density at radius 2 is 0.600 bits per heavy atom. The summed E-state index contributed by atoms with van der Waals surface area (Å²) in [4.78, 5) is 0. The molecule has 0 radical (unpaired) electrons. The molecule has 0 heterocycles. The fraction of sp³-hybridized carbons (Fsp3) is 0.333. The van der Waals surface area contributed by atoms with Crippen molar-refractivity contribution in [2.24, 2.45) is 10.8 Å². The second kappa shape index (κ2) is 9.46. The molecule has 0 N–H and O–H groups in total. The van der Waals surface area contributed by atoms with Gasteiger partial charge in [-0.15, -0.1) is 0 Å². The minimum absolute atomic E-state index is 1.10. The Morgan fingerprint density at radius 1 is 0.400 bits per heavy atom. The van der Waals surface area contributed by atoms with E-state index in [0.29, 0.717) is 0 Å². The second-order valence-electron chi connectivity index (χ2n) is 9.64. The van der Waals surface area contributed by atoms with Gasteiger partial charge in [-0.05, 0) is 0 Å². The first-order chi connectivity index (χ1) is 15.8. The van der Waals surface area contributed by atoms with Gasteiger partial charge in [-0.3, -0.25) is 0 Å². The molecule has 0 atom stereocenters. The van der Waals surface area contributed by atoms with Gasteiger partial charge in [-0.25, -0.2) is 0 Å². The van der Waals surface area contributed by atoms with Crippen molar-refractivity contribution in [1.29, 1.82) is 0 Å². The van der Waals surface area contributed by atoms with Crippen LogP contribution >= 0.6 is 0 Å². The molecule has 0 aliphatic carbocycles. The summed E-state index contributed by atoms with van der Waals surface area (Å²) in [6, 6.07) is 0. The van der Waals surface area contributed by atoms with Gasteiger partial charge in [0.2, 0.25) is 0 Å². The van der Waals surface area contributed by atoms with Crippen LogP contribution in [0.4, 0.5) is 43.9 Å². The van der Waals surface area contributed by atoms with Crippen molar-refractivity contribution < 1.29 is 43.9 Å². The quantitative estimate of drug-likeness (QED) is 0.141. The fourth-order valence-electron chi connectivity index (χ4n) is 2.84. The summed E-state index contributed by atoms with van der Waals surface area (Å²) in [6.45, 7) is 8.59. The van der Waals surface area contributed by atoms with Gasteiger partial charge in [0.1, 0.15) is 0 Å². The van der Waals surface area contributed by atoms with Crippen LogP contribution in [0.1, 0.15) is 41.5 Å². The van der Waals surface area contributed by atoms with Gasteiger partial charge in [-0.2, -0.15) is 0 Å². The van der Waals surface area contributed by atoms with Crippen molar-refractivity contribution in [2.75, 3.05) is 0 Å². The number of hydrogen-bond acceptors (Lipinski definition) is 0. The van der Waals surface area contributed by atoms with E-state index in [1.165, 1.54) is 41.5 Å². The number of hydrogen-bond donors (Lipinski definition) is 0. The van der Waals surface area contributed by atoms with E-state index in [-0.39, 0.29) is 0 Å². The average molecular weight is 569 g/mol. The van der Waals surface area contributed by atoms with Crippen LogP contribution in [0.25, 0.3) is 0 Å². The summed E-state index contributed by atoms with van der Waals surface area (Å²) in [7, 11) is 0. The topological polar surface area (TPSA) is 0 Å². The Morgan fingerprint density at radius 3 is 0.800 bits per heavy atom. The van der Waals surface area contributed by atoms with E-state index in [2.05, 4.69) is 21.3 Å². The van der Waals surface area contributed by atoms with Crippen LogP contribution in [0, 0.1) is 90.3 Å². The normalized spacial score (nSPS) is 12.1. The van der Waals surface area contributed by atoms with Crippen molar-refractivity contribution in [3.05, 3.63) is 58.2 Å². The molecule has 0 bridgehead atoms. The summed E-state index contributed by atoms with van der Waals surface area (Å²) in [6.07, 6.45) is 0. The Balaban J connectivity index is 3.42. The van der Waals surface area contributed by atoms with E-state index in [0.717, 1.165) is 0 Å². The van der Waals surface area contributed by atoms with Gasteiger partial charge < -0.3 is 0 Å². The molecule has 11 heteroatoms. The van der Waals surface area contributed by atoms with E-state index in [1.54, 1.807) is 0 Å². The molecule has 2 rings (SSSR count). The molecule has 0 nitrogen and oxygen atoms in total. The molecule has 2 aromatic rings. The third-order valence-corrected chi connectivity index (χ3v) is 11.5. The summed E-state index contributed by atoms with van der Waals surface area (Å²) < 4.78 is 145. The minimum atomic E-state index is -6.38. The van der Waals surface area contributed by atoms with Gasteiger partial charge in [0, 0.05) is 0 Å². The molecule has 0 unspecified atom stereocenters. The first kappa shape index (κ1) is 28.6. The van der Waals surface area contributed by atoms with Crippen LogP contribution in [0.5, 0.6) is 0 Å². The molecule has 0 amide bonds. The predicted octanol–water partition coefficient (Wildman–Crippen LogP) is 5.82. The third kappa shape index (κ3) is 5.32. The molecular formula is C24H18F10Ge. The van der Waals surface area contributed by atoms with Crippen LogP contribution in [0.2, 0.25) is 0 Å². The van der Waals surface area contributed by atoms with Crippen molar-refractivity contribution in [1.82, 2.24) is 0 Å². The van der Waals surface area contributed by atoms with Gasteiger partial charge in [0.15, 0.2) is 0 Å². The van der Waals surface area contributed by atoms with Crippen LogP contribution in [-0.4, -0.2) is 13.3 Å².